The molecule has 1 aromatic heterocycles. The first-order valence-corrected chi connectivity index (χ1v) is 4.99. The predicted octanol–water partition coefficient (Wildman–Crippen LogP) is 0.851. The molecule has 0 fully saturated rings. The summed E-state index contributed by atoms with van der Waals surface area (Å²) in [6.07, 6.45) is 2.94. The first-order chi connectivity index (χ1) is 7.19. The van der Waals surface area contributed by atoms with Gasteiger partial charge in [-0.25, -0.2) is 4.98 Å². The van der Waals surface area contributed by atoms with Gasteiger partial charge < -0.3 is 9.88 Å². The van der Waals surface area contributed by atoms with E-state index in [1.807, 2.05) is 13.8 Å². The predicted molar refractivity (Wildman–Crippen MR) is 55.5 cm³/mol. The van der Waals surface area contributed by atoms with Gasteiger partial charge >= 0.3 is 0 Å². The van der Waals surface area contributed by atoms with Gasteiger partial charge in [0.15, 0.2) is 5.82 Å². The van der Waals surface area contributed by atoms with Crippen LogP contribution >= 0.6 is 0 Å². The molecule has 0 unspecified atom stereocenters. The highest BCUT2D eigenvalue weighted by molar-refractivity contribution is 6.05. The fraction of sp³-hybridized carbons (Fsp3) is 0.500. The van der Waals surface area contributed by atoms with Gasteiger partial charge in [-0.3, -0.25) is 9.59 Å². The molecular weight excluding hydrogens is 194 g/mol. The maximum absolute atomic E-state index is 11.6. The third kappa shape index (κ3) is 2.90. The molecular formula is C10H15N3O2. The summed E-state index contributed by atoms with van der Waals surface area (Å²) >= 11 is 0. The number of carbonyl (C=O) groups is 2. The summed E-state index contributed by atoms with van der Waals surface area (Å²) in [6, 6.07) is 0. The maximum Gasteiger partial charge on any atom is 0.230 e. The number of rotatable bonds is 5. The van der Waals surface area contributed by atoms with Crippen molar-refractivity contribution >= 4 is 11.7 Å². The zero-order chi connectivity index (χ0) is 11.3. The van der Waals surface area contributed by atoms with E-state index in [1.54, 1.807) is 11.1 Å². The molecule has 5 nitrogen and oxygen atoms in total. The van der Waals surface area contributed by atoms with E-state index in [9.17, 15) is 9.59 Å². The molecule has 0 aliphatic rings. The summed E-state index contributed by atoms with van der Waals surface area (Å²) in [4.78, 5) is 31.2. The van der Waals surface area contributed by atoms with Crippen LogP contribution in [-0.2, 0) is 4.79 Å². The second-order valence-corrected chi connectivity index (χ2v) is 3.10. The number of hydrogen-bond donors (Lipinski definition) is 1. The quantitative estimate of drug-likeness (QED) is 0.577. The van der Waals surface area contributed by atoms with Crippen molar-refractivity contribution in [3.05, 3.63) is 18.2 Å². The lowest BCUT2D eigenvalue weighted by Crippen LogP contribution is -2.32. The highest BCUT2D eigenvalue weighted by Gasteiger charge is 2.17. The number of hydrogen-bond acceptors (Lipinski definition) is 3. The Morgan fingerprint density at radius 2 is 2.07 bits per heavy atom. The van der Waals surface area contributed by atoms with Crippen LogP contribution in [0.2, 0.25) is 0 Å². The lowest BCUT2D eigenvalue weighted by atomic mass is 10.2. The Morgan fingerprint density at radius 1 is 1.40 bits per heavy atom. The zero-order valence-corrected chi connectivity index (χ0v) is 8.99. The number of aromatic amines is 1. The first-order valence-electron chi connectivity index (χ1n) is 4.99. The van der Waals surface area contributed by atoms with Gasteiger partial charge in [0.05, 0.1) is 6.42 Å². The Balaban J connectivity index is 2.55. The molecule has 1 N–H and O–H groups in total. The maximum atomic E-state index is 11.6. The van der Waals surface area contributed by atoms with Gasteiger partial charge in [0.1, 0.15) is 0 Å². The van der Waals surface area contributed by atoms with Crippen molar-refractivity contribution in [1.82, 2.24) is 14.9 Å². The molecule has 0 saturated carbocycles. The second-order valence-electron chi connectivity index (χ2n) is 3.10. The van der Waals surface area contributed by atoms with E-state index in [4.69, 9.17) is 0 Å². The van der Waals surface area contributed by atoms with E-state index in [2.05, 4.69) is 9.97 Å². The smallest absolute Gasteiger partial charge is 0.230 e. The van der Waals surface area contributed by atoms with Crippen molar-refractivity contribution in [2.45, 2.75) is 20.3 Å². The number of imidazole rings is 1. The van der Waals surface area contributed by atoms with Crippen molar-refractivity contribution in [3.63, 3.8) is 0 Å². The van der Waals surface area contributed by atoms with Crippen molar-refractivity contribution in [2.24, 2.45) is 0 Å². The average molecular weight is 209 g/mol. The highest BCUT2D eigenvalue weighted by Crippen LogP contribution is 2.00. The molecule has 5 heteroatoms. The van der Waals surface area contributed by atoms with E-state index in [0.717, 1.165) is 0 Å². The number of nitrogens with one attached hydrogen (secondary N) is 1. The number of aromatic nitrogens is 2. The van der Waals surface area contributed by atoms with Crippen LogP contribution in [-0.4, -0.2) is 39.6 Å². The van der Waals surface area contributed by atoms with E-state index >= 15 is 0 Å². The van der Waals surface area contributed by atoms with Gasteiger partial charge in [-0.05, 0) is 13.8 Å². The van der Waals surface area contributed by atoms with Gasteiger partial charge in [0.2, 0.25) is 11.7 Å². The highest BCUT2D eigenvalue weighted by atomic mass is 16.2. The summed E-state index contributed by atoms with van der Waals surface area (Å²) in [7, 11) is 0. The van der Waals surface area contributed by atoms with Crippen LogP contribution in [0.1, 0.15) is 30.9 Å². The number of nitrogens with zero attached hydrogens (tertiary/aromatic N) is 2. The summed E-state index contributed by atoms with van der Waals surface area (Å²) in [5, 5.41) is 0. The van der Waals surface area contributed by atoms with Crippen LogP contribution in [0.15, 0.2) is 12.4 Å². The fourth-order valence-corrected chi connectivity index (χ4v) is 1.33. The molecule has 82 valence electrons. The SMILES string of the molecule is CCN(CC)C(=O)CC(=O)c1ncc[nH]1. The van der Waals surface area contributed by atoms with Gasteiger partial charge in [-0.15, -0.1) is 0 Å². The molecule has 1 heterocycles. The number of ketones is 1. The molecule has 0 aliphatic carbocycles. The number of Topliss-reactive ketones (excluding diaryl/α,β-unsaturated/α-hetero) is 1. The van der Waals surface area contributed by atoms with Crippen LogP contribution in [0.5, 0.6) is 0 Å². The van der Waals surface area contributed by atoms with Gasteiger partial charge in [0.25, 0.3) is 0 Å². The van der Waals surface area contributed by atoms with Crippen molar-refractivity contribution < 1.29 is 9.59 Å². The van der Waals surface area contributed by atoms with Crippen molar-refractivity contribution in [3.8, 4) is 0 Å². The number of amides is 1. The normalized spacial score (nSPS) is 10.0. The molecule has 0 saturated heterocycles. The van der Waals surface area contributed by atoms with Gasteiger partial charge in [-0.2, -0.15) is 0 Å². The molecule has 0 radical (unpaired) electrons. The minimum Gasteiger partial charge on any atom is -0.343 e. The molecule has 1 amide bonds. The standard InChI is InChI=1S/C10H15N3O2/c1-3-13(4-2)9(15)7-8(14)10-11-5-6-12-10/h5-6H,3-4,7H2,1-2H3,(H,11,12). The molecule has 0 bridgehead atoms. The lowest BCUT2D eigenvalue weighted by molar-refractivity contribution is -0.129. The van der Waals surface area contributed by atoms with Gasteiger partial charge in [0, 0.05) is 25.5 Å². The Labute approximate surface area is 88.5 Å². The minimum atomic E-state index is -0.267. The number of H-pyrrole nitrogens is 1. The van der Waals surface area contributed by atoms with Crippen LogP contribution in [0, 0.1) is 0 Å². The topological polar surface area (TPSA) is 66.1 Å². The monoisotopic (exact) mass is 209 g/mol. The van der Waals surface area contributed by atoms with Crippen LogP contribution in [0.3, 0.4) is 0 Å². The third-order valence-electron chi connectivity index (χ3n) is 2.19. The Hall–Kier alpha value is -1.65. The molecule has 15 heavy (non-hydrogen) atoms. The van der Waals surface area contributed by atoms with Gasteiger partial charge in [-0.1, -0.05) is 0 Å². The second kappa shape index (κ2) is 5.29. The van der Waals surface area contributed by atoms with Crippen molar-refractivity contribution in [2.75, 3.05) is 13.1 Å². The number of carbonyl (C=O) groups excluding carboxylic acids is 2. The summed E-state index contributed by atoms with van der Waals surface area (Å²) in [5.74, 6) is -0.172. The fourth-order valence-electron chi connectivity index (χ4n) is 1.33. The van der Waals surface area contributed by atoms with E-state index in [0.29, 0.717) is 13.1 Å². The summed E-state index contributed by atoms with van der Waals surface area (Å²) in [6.45, 7) is 5.03. The first kappa shape index (κ1) is 11.4. The Kier molecular flexibility index (Phi) is 4.03. The molecule has 1 aromatic rings. The Morgan fingerprint density at radius 3 is 2.53 bits per heavy atom. The van der Waals surface area contributed by atoms with Crippen LogP contribution < -0.4 is 0 Å². The summed E-state index contributed by atoms with van der Waals surface area (Å²) < 4.78 is 0. The summed E-state index contributed by atoms with van der Waals surface area (Å²) in [5.41, 5.74) is 0. The zero-order valence-electron chi connectivity index (χ0n) is 8.99. The van der Waals surface area contributed by atoms with E-state index in [-0.39, 0.29) is 23.9 Å². The molecule has 0 aliphatic heterocycles. The largest absolute Gasteiger partial charge is 0.343 e. The molecule has 0 aromatic carbocycles. The third-order valence-corrected chi connectivity index (χ3v) is 2.19. The van der Waals surface area contributed by atoms with E-state index in [1.165, 1.54) is 6.20 Å². The molecule has 0 spiro atoms. The van der Waals surface area contributed by atoms with Crippen LogP contribution in [0.4, 0.5) is 0 Å². The minimum absolute atomic E-state index is 0.116. The van der Waals surface area contributed by atoms with Crippen LogP contribution in [0.25, 0.3) is 0 Å². The lowest BCUT2D eigenvalue weighted by Gasteiger charge is -2.17. The average Bonchev–Trinajstić information content (AvgIpc) is 2.72. The van der Waals surface area contributed by atoms with E-state index < -0.39 is 0 Å². The Bertz CT molecular complexity index is 328. The molecule has 1 rings (SSSR count). The van der Waals surface area contributed by atoms with Crippen molar-refractivity contribution in [1.29, 1.82) is 0 Å². The molecule has 0 atom stereocenters.